The number of quaternary nitrogens is 1. The van der Waals surface area contributed by atoms with Gasteiger partial charge < -0.3 is 27.9 Å². The molecule has 0 spiro atoms. The Balaban J connectivity index is 4.27. The zero-order chi connectivity index (χ0) is 42.1. The summed E-state index contributed by atoms with van der Waals surface area (Å²) in [5.41, 5.74) is 0. The van der Waals surface area contributed by atoms with E-state index in [9.17, 15) is 19.0 Å². The molecular weight excluding hydrogens is 737 g/mol. The highest BCUT2D eigenvalue weighted by atomic mass is 31.2. The number of esters is 2. The van der Waals surface area contributed by atoms with Crippen LogP contribution in [0, 0.1) is 0 Å². The van der Waals surface area contributed by atoms with Gasteiger partial charge in [0, 0.05) is 12.8 Å². The molecule has 57 heavy (non-hydrogen) atoms. The Bertz CT molecular complexity index is 985. The minimum Gasteiger partial charge on any atom is -0.756 e. The minimum absolute atomic E-state index is 0.0279. The van der Waals surface area contributed by atoms with E-state index in [2.05, 4.69) is 26.0 Å². The van der Waals surface area contributed by atoms with E-state index >= 15 is 0 Å². The first kappa shape index (κ1) is 55.8. The summed E-state index contributed by atoms with van der Waals surface area (Å²) in [6, 6.07) is 0. The molecule has 0 rings (SSSR count). The first-order valence-electron chi connectivity index (χ1n) is 23.9. The lowest BCUT2D eigenvalue weighted by atomic mass is 10.0. The van der Waals surface area contributed by atoms with Crippen LogP contribution in [-0.4, -0.2) is 70.0 Å². The molecule has 0 aromatic heterocycles. The molecule has 0 N–H and O–H groups in total. The number of rotatable bonds is 44. The summed E-state index contributed by atoms with van der Waals surface area (Å²) < 4.78 is 34.0. The van der Waals surface area contributed by atoms with Gasteiger partial charge in [-0.25, -0.2) is 0 Å². The van der Waals surface area contributed by atoms with Gasteiger partial charge in [-0.15, -0.1) is 0 Å². The number of nitrogens with zero attached hydrogens (tertiary/aromatic N) is 1. The van der Waals surface area contributed by atoms with Crippen molar-refractivity contribution in [1.29, 1.82) is 0 Å². The van der Waals surface area contributed by atoms with Crippen LogP contribution in [0.3, 0.4) is 0 Å². The normalized spacial score (nSPS) is 13.6. The van der Waals surface area contributed by atoms with Gasteiger partial charge in [0.05, 0.1) is 27.7 Å². The third-order valence-corrected chi connectivity index (χ3v) is 11.5. The number of carbonyl (C=O) groups is 2. The van der Waals surface area contributed by atoms with E-state index in [-0.39, 0.29) is 32.0 Å². The highest BCUT2D eigenvalue weighted by Gasteiger charge is 2.21. The third-order valence-electron chi connectivity index (χ3n) is 10.5. The van der Waals surface area contributed by atoms with Gasteiger partial charge >= 0.3 is 11.9 Å². The number of likely N-dealkylation sites (N-methyl/N-ethyl adjacent to an activating group) is 1. The SMILES string of the molecule is CCCCCCCC/C=C/CCCCCCCCCCCC(=O)O[C@H](COC(=O)CCCCCCCCCCCCCCCC)COP(=O)([O-])OCC[N+](C)(C)C. The van der Waals surface area contributed by atoms with Crippen molar-refractivity contribution in [3.63, 3.8) is 0 Å². The lowest BCUT2D eigenvalue weighted by molar-refractivity contribution is -0.870. The first-order valence-corrected chi connectivity index (χ1v) is 25.4. The van der Waals surface area contributed by atoms with E-state index < -0.39 is 26.5 Å². The van der Waals surface area contributed by atoms with Crippen molar-refractivity contribution >= 4 is 19.8 Å². The number of unbranched alkanes of at least 4 members (excludes halogenated alkanes) is 28. The molecule has 0 amide bonds. The van der Waals surface area contributed by atoms with E-state index in [1.807, 2.05) is 21.1 Å². The largest absolute Gasteiger partial charge is 0.756 e. The maximum atomic E-state index is 12.7. The monoisotopic (exact) mass is 830 g/mol. The molecule has 0 aliphatic heterocycles. The fraction of sp³-hybridized carbons (Fsp3) is 0.915. The van der Waals surface area contributed by atoms with Crippen LogP contribution < -0.4 is 4.89 Å². The summed E-state index contributed by atoms with van der Waals surface area (Å²) in [5, 5.41) is 0. The van der Waals surface area contributed by atoms with Gasteiger partial charge in [-0.1, -0.05) is 187 Å². The van der Waals surface area contributed by atoms with Crippen LogP contribution in [0.1, 0.15) is 226 Å². The molecule has 10 heteroatoms. The van der Waals surface area contributed by atoms with Gasteiger partial charge in [0.1, 0.15) is 19.8 Å². The predicted molar refractivity (Wildman–Crippen MR) is 236 cm³/mol. The van der Waals surface area contributed by atoms with Crippen LogP contribution >= 0.6 is 7.82 Å². The molecule has 0 aromatic rings. The molecule has 0 radical (unpaired) electrons. The average Bonchev–Trinajstić information content (AvgIpc) is 3.16. The number of carbonyl (C=O) groups excluding carboxylic acids is 2. The van der Waals surface area contributed by atoms with Crippen molar-refractivity contribution in [3.8, 4) is 0 Å². The molecule has 0 fully saturated rings. The Morgan fingerprint density at radius 3 is 1.30 bits per heavy atom. The van der Waals surface area contributed by atoms with E-state index in [1.54, 1.807) is 0 Å². The Morgan fingerprint density at radius 2 is 0.895 bits per heavy atom. The van der Waals surface area contributed by atoms with Crippen LogP contribution in [0.4, 0.5) is 0 Å². The standard InChI is InChI=1S/C47H92NO8P/c1-6-8-10-12-14-16-18-20-22-23-24-25-26-28-30-32-34-36-38-40-47(50)56-45(44-55-57(51,52)54-42-41-48(3,4)5)43-53-46(49)39-37-35-33-31-29-27-21-19-17-15-13-11-9-7-2/h20,22,45H,6-19,21,23-44H2,1-5H3/b22-20+/t45-/m1/s1. The van der Waals surface area contributed by atoms with Crippen molar-refractivity contribution in [2.45, 2.75) is 232 Å². The second kappa shape index (κ2) is 40.2. The second-order valence-electron chi connectivity index (χ2n) is 17.5. The summed E-state index contributed by atoms with van der Waals surface area (Å²) >= 11 is 0. The molecule has 338 valence electrons. The smallest absolute Gasteiger partial charge is 0.306 e. The molecule has 0 aliphatic rings. The average molecular weight is 830 g/mol. The molecule has 0 aromatic carbocycles. The highest BCUT2D eigenvalue weighted by Crippen LogP contribution is 2.38. The quantitative estimate of drug-likeness (QED) is 0.0196. The Labute approximate surface area is 352 Å². The van der Waals surface area contributed by atoms with Crippen LogP contribution in [0.2, 0.25) is 0 Å². The Hall–Kier alpha value is -1.25. The summed E-state index contributed by atoms with van der Waals surface area (Å²) in [7, 11) is 1.18. The molecular formula is C47H92NO8P. The molecule has 9 nitrogen and oxygen atoms in total. The zero-order valence-electron chi connectivity index (χ0n) is 38.1. The van der Waals surface area contributed by atoms with Crippen LogP contribution in [0.15, 0.2) is 12.2 Å². The number of hydrogen-bond acceptors (Lipinski definition) is 8. The zero-order valence-corrected chi connectivity index (χ0v) is 38.9. The highest BCUT2D eigenvalue weighted by molar-refractivity contribution is 7.45. The topological polar surface area (TPSA) is 111 Å². The van der Waals surface area contributed by atoms with Crippen molar-refractivity contribution in [2.24, 2.45) is 0 Å². The molecule has 0 aliphatic carbocycles. The van der Waals surface area contributed by atoms with Crippen LogP contribution in [0.25, 0.3) is 0 Å². The van der Waals surface area contributed by atoms with Crippen molar-refractivity contribution in [1.82, 2.24) is 0 Å². The minimum atomic E-state index is -4.62. The summed E-state index contributed by atoms with van der Waals surface area (Å²) in [4.78, 5) is 37.6. The summed E-state index contributed by atoms with van der Waals surface area (Å²) in [6.45, 7) is 4.25. The van der Waals surface area contributed by atoms with Crippen molar-refractivity contribution in [2.75, 3.05) is 47.5 Å². The number of hydrogen-bond donors (Lipinski definition) is 0. The van der Waals surface area contributed by atoms with Gasteiger partial charge in [0.25, 0.3) is 7.82 Å². The summed E-state index contributed by atoms with van der Waals surface area (Å²) in [6.07, 6.45) is 42.3. The van der Waals surface area contributed by atoms with Gasteiger partial charge in [-0.3, -0.25) is 14.2 Å². The number of phosphoric acid groups is 1. The Morgan fingerprint density at radius 1 is 0.526 bits per heavy atom. The van der Waals surface area contributed by atoms with E-state index in [4.69, 9.17) is 18.5 Å². The second-order valence-corrected chi connectivity index (χ2v) is 18.9. The van der Waals surface area contributed by atoms with Crippen LogP contribution in [0.5, 0.6) is 0 Å². The molecule has 2 atom stereocenters. The molecule has 1 unspecified atom stereocenters. The van der Waals surface area contributed by atoms with E-state index in [0.29, 0.717) is 17.4 Å². The van der Waals surface area contributed by atoms with Gasteiger partial charge in [0.2, 0.25) is 0 Å². The lowest BCUT2D eigenvalue weighted by Gasteiger charge is -2.28. The van der Waals surface area contributed by atoms with E-state index in [1.165, 1.54) is 154 Å². The fourth-order valence-corrected chi connectivity index (χ4v) is 7.50. The fourth-order valence-electron chi connectivity index (χ4n) is 6.77. The molecule has 0 saturated heterocycles. The van der Waals surface area contributed by atoms with Crippen molar-refractivity contribution < 1.29 is 42.1 Å². The molecule has 0 heterocycles. The third kappa shape index (κ3) is 44.1. The maximum absolute atomic E-state index is 12.7. The summed E-state index contributed by atoms with van der Waals surface area (Å²) in [5.74, 6) is -0.825. The van der Waals surface area contributed by atoms with E-state index in [0.717, 1.165) is 38.5 Å². The molecule has 0 saturated carbocycles. The predicted octanol–water partition coefficient (Wildman–Crippen LogP) is 13.1. The Kier molecular flexibility index (Phi) is 39.3. The van der Waals surface area contributed by atoms with Gasteiger partial charge in [-0.05, 0) is 38.5 Å². The molecule has 0 bridgehead atoms. The van der Waals surface area contributed by atoms with Crippen LogP contribution in [-0.2, 0) is 32.7 Å². The number of allylic oxidation sites excluding steroid dienone is 2. The van der Waals surface area contributed by atoms with Gasteiger partial charge in [-0.2, -0.15) is 0 Å². The van der Waals surface area contributed by atoms with Gasteiger partial charge in [0.15, 0.2) is 6.10 Å². The number of phosphoric ester groups is 1. The number of ether oxygens (including phenoxy) is 2. The lowest BCUT2D eigenvalue weighted by Crippen LogP contribution is -2.37. The van der Waals surface area contributed by atoms with Crippen molar-refractivity contribution in [3.05, 3.63) is 12.2 Å². The first-order chi connectivity index (χ1) is 27.5. The maximum Gasteiger partial charge on any atom is 0.306 e.